The number of amides is 2. The number of carbonyl (C=O) groups is 2. The van der Waals surface area contributed by atoms with Crippen LogP contribution in [0.2, 0.25) is 0 Å². The summed E-state index contributed by atoms with van der Waals surface area (Å²) in [4.78, 5) is 24.9. The van der Waals surface area contributed by atoms with Gasteiger partial charge in [-0.1, -0.05) is 20.8 Å². The van der Waals surface area contributed by atoms with Crippen molar-refractivity contribution in [2.24, 2.45) is 5.41 Å². The molecule has 0 aromatic rings. The summed E-state index contributed by atoms with van der Waals surface area (Å²) in [6, 6.07) is 0.0114. The van der Waals surface area contributed by atoms with E-state index in [2.05, 4.69) is 26.1 Å². The Kier molecular flexibility index (Phi) is 3.94. The Bertz CT molecular complexity index is 281. The van der Waals surface area contributed by atoms with E-state index in [1.807, 2.05) is 11.8 Å². The molecule has 1 rings (SSSR count). The van der Waals surface area contributed by atoms with Crippen LogP contribution in [0.15, 0.2) is 0 Å². The molecule has 0 spiro atoms. The van der Waals surface area contributed by atoms with Gasteiger partial charge >= 0.3 is 0 Å². The van der Waals surface area contributed by atoms with Gasteiger partial charge in [0.1, 0.15) is 0 Å². The topological polar surface area (TPSA) is 49.4 Å². The molecule has 0 saturated carbocycles. The number of hydrogen-bond donors (Lipinski definition) is 1. The van der Waals surface area contributed by atoms with Gasteiger partial charge in [0, 0.05) is 19.0 Å². The van der Waals surface area contributed by atoms with Gasteiger partial charge in [-0.2, -0.15) is 0 Å². The molecule has 1 aliphatic rings. The van der Waals surface area contributed by atoms with E-state index < -0.39 is 0 Å². The number of carbonyl (C=O) groups excluding carboxylic acids is 2. The second kappa shape index (κ2) is 4.85. The molecule has 0 aliphatic carbocycles. The molecular formula is C12H22N2O2. The third-order valence-electron chi connectivity index (χ3n) is 2.87. The average molecular weight is 226 g/mol. The van der Waals surface area contributed by atoms with Crippen LogP contribution in [-0.4, -0.2) is 35.8 Å². The summed E-state index contributed by atoms with van der Waals surface area (Å²) >= 11 is 0. The number of rotatable bonds is 2. The molecule has 2 amide bonds. The third kappa shape index (κ3) is 3.83. The first-order chi connectivity index (χ1) is 7.29. The van der Waals surface area contributed by atoms with Crippen LogP contribution in [-0.2, 0) is 9.59 Å². The molecule has 0 aromatic carbocycles. The van der Waals surface area contributed by atoms with E-state index in [9.17, 15) is 9.59 Å². The third-order valence-corrected chi connectivity index (χ3v) is 2.87. The molecule has 92 valence electrons. The van der Waals surface area contributed by atoms with Crippen molar-refractivity contribution in [1.29, 1.82) is 0 Å². The van der Waals surface area contributed by atoms with Crippen molar-refractivity contribution in [1.82, 2.24) is 10.2 Å². The lowest BCUT2D eigenvalue weighted by atomic mass is 9.92. The van der Waals surface area contributed by atoms with Crippen LogP contribution in [0.25, 0.3) is 0 Å². The lowest BCUT2D eigenvalue weighted by molar-refractivity contribution is -0.131. The molecule has 1 N–H and O–H groups in total. The predicted molar refractivity (Wildman–Crippen MR) is 62.9 cm³/mol. The Morgan fingerprint density at radius 3 is 2.56 bits per heavy atom. The highest BCUT2D eigenvalue weighted by Crippen LogP contribution is 2.20. The van der Waals surface area contributed by atoms with Crippen molar-refractivity contribution in [3.63, 3.8) is 0 Å². The number of hydrogen-bond acceptors (Lipinski definition) is 2. The molecule has 1 aliphatic heterocycles. The smallest absolute Gasteiger partial charge is 0.242 e. The van der Waals surface area contributed by atoms with Crippen molar-refractivity contribution < 1.29 is 9.59 Å². The Balaban J connectivity index is 2.61. The largest absolute Gasteiger partial charge is 0.347 e. The average Bonchev–Trinajstić information content (AvgIpc) is 2.23. The van der Waals surface area contributed by atoms with Crippen LogP contribution in [0, 0.1) is 5.41 Å². The summed E-state index contributed by atoms with van der Waals surface area (Å²) in [6.07, 6.45) is 1.37. The summed E-state index contributed by atoms with van der Waals surface area (Å²) in [5, 5.41) is 2.62. The van der Waals surface area contributed by atoms with Gasteiger partial charge in [0.25, 0.3) is 0 Å². The Morgan fingerprint density at radius 1 is 1.38 bits per heavy atom. The van der Waals surface area contributed by atoms with E-state index in [1.165, 1.54) is 0 Å². The fourth-order valence-corrected chi connectivity index (χ4v) is 1.77. The molecule has 0 bridgehead atoms. The van der Waals surface area contributed by atoms with Gasteiger partial charge in [-0.25, -0.2) is 0 Å². The van der Waals surface area contributed by atoms with E-state index in [1.54, 1.807) is 0 Å². The van der Waals surface area contributed by atoms with Gasteiger partial charge in [-0.3, -0.25) is 9.59 Å². The summed E-state index contributed by atoms with van der Waals surface area (Å²) in [5.74, 6) is 0.00158. The van der Waals surface area contributed by atoms with Crippen LogP contribution in [0.1, 0.15) is 40.5 Å². The summed E-state index contributed by atoms with van der Waals surface area (Å²) in [7, 11) is 0. The maximum Gasteiger partial charge on any atom is 0.242 e. The second-order valence-corrected chi connectivity index (χ2v) is 5.73. The molecule has 4 nitrogen and oxygen atoms in total. The van der Waals surface area contributed by atoms with E-state index >= 15 is 0 Å². The highest BCUT2D eigenvalue weighted by atomic mass is 16.2. The van der Waals surface area contributed by atoms with E-state index in [0.717, 1.165) is 13.0 Å². The minimum absolute atomic E-state index is 0.0114. The maximum absolute atomic E-state index is 11.8. The first-order valence-electron chi connectivity index (χ1n) is 5.86. The molecule has 1 saturated heterocycles. The summed E-state index contributed by atoms with van der Waals surface area (Å²) in [5.41, 5.74) is 0.212. The van der Waals surface area contributed by atoms with Crippen LogP contribution in [0.5, 0.6) is 0 Å². The zero-order chi connectivity index (χ0) is 12.3. The van der Waals surface area contributed by atoms with Gasteiger partial charge in [0.05, 0.1) is 6.54 Å². The Morgan fingerprint density at radius 2 is 2.00 bits per heavy atom. The van der Waals surface area contributed by atoms with Gasteiger partial charge < -0.3 is 10.2 Å². The highest BCUT2D eigenvalue weighted by Gasteiger charge is 2.27. The number of nitrogens with one attached hydrogen (secondary N) is 1. The first-order valence-corrected chi connectivity index (χ1v) is 5.86. The molecule has 1 fully saturated rings. The van der Waals surface area contributed by atoms with Gasteiger partial charge in [-0.05, 0) is 18.8 Å². The fourth-order valence-electron chi connectivity index (χ4n) is 1.77. The van der Waals surface area contributed by atoms with Gasteiger partial charge in [-0.15, -0.1) is 0 Å². The van der Waals surface area contributed by atoms with E-state index in [4.69, 9.17) is 0 Å². The van der Waals surface area contributed by atoms with Crippen LogP contribution in [0.4, 0.5) is 0 Å². The molecular weight excluding hydrogens is 204 g/mol. The molecule has 1 unspecified atom stereocenters. The van der Waals surface area contributed by atoms with Crippen molar-refractivity contribution in [3.05, 3.63) is 0 Å². The predicted octanol–water partition coefficient (Wildman–Crippen LogP) is 1.16. The quantitative estimate of drug-likeness (QED) is 0.768. The van der Waals surface area contributed by atoms with Crippen molar-refractivity contribution >= 4 is 11.8 Å². The Hall–Kier alpha value is -1.06. The molecule has 16 heavy (non-hydrogen) atoms. The lowest BCUT2D eigenvalue weighted by Gasteiger charge is -2.29. The minimum Gasteiger partial charge on any atom is -0.347 e. The Labute approximate surface area is 97.4 Å². The summed E-state index contributed by atoms with van der Waals surface area (Å²) < 4.78 is 0. The van der Waals surface area contributed by atoms with Crippen molar-refractivity contribution in [2.45, 2.75) is 46.6 Å². The summed E-state index contributed by atoms with van der Waals surface area (Å²) in [6.45, 7) is 9.29. The maximum atomic E-state index is 11.8. The zero-order valence-electron chi connectivity index (χ0n) is 10.7. The monoisotopic (exact) mass is 226 g/mol. The zero-order valence-corrected chi connectivity index (χ0v) is 10.7. The van der Waals surface area contributed by atoms with Crippen molar-refractivity contribution in [2.75, 3.05) is 13.1 Å². The van der Waals surface area contributed by atoms with E-state index in [0.29, 0.717) is 6.42 Å². The molecule has 1 heterocycles. The van der Waals surface area contributed by atoms with Gasteiger partial charge in [0.2, 0.25) is 11.8 Å². The van der Waals surface area contributed by atoms with E-state index in [-0.39, 0.29) is 29.8 Å². The molecule has 1 atom stereocenters. The van der Waals surface area contributed by atoms with Crippen LogP contribution < -0.4 is 5.32 Å². The standard InChI is InChI=1S/C12H22N2O2/c1-9-7-10(15)13-8-11(16)14(9)6-5-12(2,3)4/h9H,5-8H2,1-4H3,(H,13,15). The lowest BCUT2D eigenvalue weighted by Crippen LogP contribution is -2.41. The SMILES string of the molecule is CC1CC(=O)NCC(=O)N1CCC(C)(C)C. The van der Waals surface area contributed by atoms with Gasteiger partial charge in [0.15, 0.2) is 0 Å². The normalized spacial score (nSPS) is 23.0. The molecule has 0 aromatic heterocycles. The minimum atomic E-state index is -0.0286. The highest BCUT2D eigenvalue weighted by molar-refractivity contribution is 5.87. The van der Waals surface area contributed by atoms with Crippen LogP contribution >= 0.6 is 0 Å². The van der Waals surface area contributed by atoms with Crippen molar-refractivity contribution in [3.8, 4) is 0 Å². The molecule has 0 radical (unpaired) electrons. The fraction of sp³-hybridized carbons (Fsp3) is 0.833. The molecule has 4 heteroatoms. The second-order valence-electron chi connectivity index (χ2n) is 5.73. The van der Waals surface area contributed by atoms with Crippen LogP contribution in [0.3, 0.4) is 0 Å². The first kappa shape index (κ1) is 13.0. The number of nitrogens with zero attached hydrogens (tertiary/aromatic N) is 1.